The highest BCUT2D eigenvalue weighted by Crippen LogP contribution is 2.47. The second-order valence-electron chi connectivity index (χ2n) is 9.02. The number of nitrogens with zero attached hydrogens (tertiary/aromatic N) is 6. The van der Waals surface area contributed by atoms with Crippen molar-refractivity contribution in [1.82, 2.24) is 24.6 Å². The van der Waals surface area contributed by atoms with Crippen molar-refractivity contribution >= 4 is 11.7 Å². The normalized spacial score (nSPS) is 23.8. The number of anilines is 1. The number of hydrogen-bond donors (Lipinski definition) is 0. The topological polar surface area (TPSA) is 76.4 Å². The molecule has 2 aromatic heterocycles. The third kappa shape index (κ3) is 3.44. The fraction of sp³-hybridized carbons (Fsp3) is 0.417. The van der Waals surface area contributed by atoms with Crippen molar-refractivity contribution in [3.8, 4) is 11.3 Å². The van der Waals surface area contributed by atoms with E-state index in [4.69, 9.17) is 4.74 Å². The fourth-order valence-electron chi connectivity index (χ4n) is 5.40. The summed E-state index contributed by atoms with van der Waals surface area (Å²) in [5, 5.41) is 3.68. The summed E-state index contributed by atoms with van der Waals surface area (Å²) in [5.41, 5.74) is 1.39. The lowest BCUT2D eigenvalue weighted by atomic mass is 9.89. The van der Waals surface area contributed by atoms with Gasteiger partial charge < -0.3 is 14.5 Å². The van der Waals surface area contributed by atoms with Crippen molar-refractivity contribution in [1.29, 1.82) is 0 Å². The minimum Gasteiger partial charge on any atom is -0.356 e. The Balaban J connectivity index is 1.17. The minimum absolute atomic E-state index is 0.0645. The smallest absolute Gasteiger partial charge is 0.333 e. The fourth-order valence-corrected chi connectivity index (χ4v) is 5.40. The summed E-state index contributed by atoms with van der Waals surface area (Å²) in [7, 11) is 0. The summed E-state index contributed by atoms with van der Waals surface area (Å²) >= 11 is 0. The third-order valence-electron chi connectivity index (χ3n) is 7.15. The van der Waals surface area contributed by atoms with Gasteiger partial charge in [-0.15, -0.1) is 0 Å². The molecule has 0 radical (unpaired) electrons. The molecular weight excluding hydrogens is 442 g/mol. The summed E-state index contributed by atoms with van der Waals surface area (Å²) < 4.78 is 32.7. The first-order valence-electron chi connectivity index (χ1n) is 11.5. The van der Waals surface area contributed by atoms with E-state index in [9.17, 15) is 13.6 Å². The standard InChI is InChI=1S/C24H24F2N6O2/c25-23(26)31-14-17(13-29-31)18-12-20(28-15-27-18)30-10-8-24(9-11-30)22(33)32-19(6-7-21(32)34-24)16-4-2-1-3-5-16/h1-5,12-15,19,21,23H,6-11H2. The predicted molar refractivity (Wildman–Crippen MR) is 119 cm³/mol. The number of benzene rings is 1. The number of amides is 1. The predicted octanol–water partition coefficient (Wildman–Crippen LogP) is 3.79. The first-order valence-corrected chi connectivity index (χ1v) is 11.5. The molecule has 3 aliphatic heterocycles. The van der Waals surface area contributed by atoms with Crippen LogP contribution >= 0.6 is 0 Å². The van der Waals surface area contributed by atoms with E-state index in [0.717, 1.165) is 18.4 Å². The Morgan fingerprint density at radius 3 is 2.62 bits per heavy atom. The number of carbonyl (C=O) groups excluding carboxylic acids is 1. The molecule has 8 nitrogen and oxygen atoms in total. The molecule has 3 aliphatic rings. The molecular formula is C24H24F2N6O2. The van der Waals surface area contributed by atoms with Gasteiger partial charge in [-0.05, 0) is 18.4 Å². The van der Waals surface area contributed by atoms with Crippen LogP contribution in [-0.4, -0.2) is 55.5 Å². The number of carbonyl (C=O) groups is 1. The zero-order valence-corrected chi connectivity index (χ0v) is 18.4. The summed E-state index contributed by atoms with van der Waals surface area (Å²) in [6, 6.07) is 12.0. The van der Waals surface area contributed by atoms with Gasteiger partial charge in [-0.3, -0.25) is 4.79 Å². The minimum atomic E-state index is -2.70. The lowest BCUT2D eigenvalue weighted by Crippen LogP contribution is -2.50. The second kappa shape index (κ2) is 8.12. The van der Waals surface area contributed by atoms with Crippen LogP contribution in [-0.2, 0) is 9.53 Å². The Bertz CT molecular complexity index is 1190. The van der Waals surface area contributed by atoms with E-state index in [1.54, 1.807) is 6.07 Å². The lowest BCUT2D eigenvalue weighted by Gasteiger charge is -2.38. The van der Waals surface area contributed by atoms with E-state index in [1.165, 1.54) is 18.7 Å². The first-order chi connectivity index (χ1) is 16.5. The summed E-state index contributed by atoms with van der Waals surface area (Å²) in [6.45, 7) is -1.49. The number of halogens is 2. The lowest BCUT2D eigenvalue weighted by molar-refractivity contribution is -0.140. The Hall–Kier alpha value is -3.40. The Morgan fingerprint density at radius 2 is 1.88 bits per heavy atom. The van der Waals surface area contributed by atoms with Crippen LogP contribution in [0, 0.1) is 0 Å². The van der Waals surface area contributed by atoms with Gasteiger partial charge in [-0.2, -0.15) is 13.9 Å². The molecule has 1 amide bonds. The Morgan fingerprint density at radius 1 is 1.09 bits per heavy atom. The largest absolute Gasteiger partial charge is 0.356 e. The van der Waals surface area contributed by atoms with Gasteiger partial charge in [0.1, 0.15) is 18.4 Å². The molecule has 176 valence electrons. The quantitative estimate of drug-likeness (QED) is 0.582. The maximum atomic E-state index is 13.6. The molecule has 0 N–H and O–H groups in total. The number of fused-ring (bicyclic) bond motifs is 1. The van der Waals surface area contributed by atoms with Gasteiger partial charge in [0, 0.05) is 43.8 Å². The summed E-state index contributed by atoms with van der Waals surface area (Å²) in [5.74, 6) is 0.782. The zero-order valence-electron chi connectivity index (χ0n) is 18.4. The van der Waals surface area contributed by atoms with Crippen molar-refractivity contribution in [3.63, 3.8) is 0 Å². The van der Waals surface area contributed by atoms with E-state index in [1.807, 2.05) is 23.1 Å². The SMILES string of the molecule is O=C1N2C(CCC2c2ccccc2)OC12CCN(c1cc(-c3cnn(C(F)F)c3)ncn1)CC2. The van der Waals surface area contributed by atoms with Gasteiger partial charge in [-0.25, -0.2) is 14.6 Å². The number of rotatable bonds is 4. The van der Waals surface area contributed by atoms with E-state index in [0.29, 0.717) is 47.7 Å². The van der Waals surface area contributed by atoms with Gasteiger partial charge in [0.25, 0.3) is 5.91 Å². The molecule has 1 aromatic carbocycles. The van der Waals surface area contributed by atoms with Crippen LogP contribution in [0.1, 0.15) is 43.8 Å². The maximum Gasteiger partial charge on any atom is 0.333 e. The van der Waals surface area contributed by atoms with Gasteiger partial charge in [0.15, 0.2) is 5.60 Å². The molecule has 0 aliphatic carbocycles. The maximum absolute atomic E-state index is 13.6. The molecule has 1 spiro atoms. The van der Waals surface area contributed by atoms with Crippen LogP contribution in [0.15, 0.2) is 55.1 Å². The first kappa shape index (κ1) is 21.2. The molecule has 0 bridgehead atoms. The van der Waals surface area contributed by atoms with Crippen molar-refractivity contribution in [2.45, 2.75) is 50.1 Å². The molecule has 34 heavy (non-hydrogen) atoms. The van der Waals surface area contributed by atoms with Gasteiger partial charge in [0.2, 0.25) is 0 Å². The average molecular weight is 466 g/mol. The third-order valence-corrected chi connectivity index (χ3v) is 7.15. The molecule has 10 heteroatoms. The highest BCUT2D eigenvalue weighted by molar-refractivity contribution is 5.88. The van der Waals surface area contributed by atoms with Crippen LogP contribution in [0.3, 0.4) is 0 Å². The molecule has 2 unspecified atom stereocenters. The van der Waals surface area contributed by atoms with Crippen molar-refractivity contribution < 1.29 is 18.3 Å². The monoisotopic (exact) mass is 466 g/mol. The molecule has 6 rings (SSSR count). The van der Waals surface area contributed by atoms with E-state index < -0.39 is 12.2 Å². The van der Waals surface area contributed by atoms with Crippen LogP contribution < -0.4 is 4.90 Å². The Labute approximate surface area is 195 Å². The molecule has 3 saturated heterocycles. The van der Waals surface area contributed by atoms with Crippen molar-refractivity contribution in [2.75, 3.05) is 18.0 Å². The highest BCUT2D eigenvalue weighted by Gasteiger charge is 2.57. The molecule has 0 saturated carbocycles. The highest BCUT2D eigenvalue weighted by atomic mass is 19.3. The Kier molecular flexibility index (Phi) is 5.05. The second-order valence-corrected chi connectivity index (χ2v) is 9.02. The molecule has 5 heterocycles. The number of aromatic nitrogens is 4. The number of piperidine rings is 1. The van der Waals surface area contributed by atoms with E-state index in [-0.39, 0.29) is 18.2 Å². The van der Waals surface area contributed by atoms with Crippen LogP contribution in [0.25, 0.3) is 11.3 Å². The van der Waals surface area contributed by atoms with Crippen LogP contribution in [0.2, 0.25) is 0 Å². The molecule has 3 fully saturated rings. The summed E-state index contributed by atoms with van der Waals surface area (Å²) in [4.78, 5) is 26.2. The van der Waals surface area contributed by atoms with Crippen LogP contribution in [0.5, 0.6) is 0 Å². The number of ether oxygens (including phenoxy) is 1. The summed E-state index contributed by atoms with van der Waals surface area (Å²) in [6.07, 6.45) is 6.79. The molecule has 2 atom stereocenters. The van der Waals surface area contributed by atoms with E-state index >= 15 is 0 Å². The number of hydrogen-bond acceptors (Lipinski definition) is 6. The van der Waals surface area contributed by atoms with E-state index in [2.05, 4.69) is 32.1 Å². The number of alkyl halides is 2. The van der Waals surface area contributed by atoms with Gasteiger partial charge in [0.05, 0.1) is 17.9 Å². The van der Waals surface area contributed by atoms with Gasteiger partial charge >= 0.3 is 6.55 Å². The molecule has 3 aromatic rings. The van der Waals surface area contributed by atoms with Crippen molar-refractivity contribution in [2.24, 2.45) is 0 Å². The zero-order chi connectivity index (χ0) is 23.3. The van der Waals surface area contributed by atoms with Crippen molar-refractivity contribution in [3.05, 3.63) is 60.7 Å². The van der Waals surface area contributed by atoms with Crippen LogP contribution in [0.4, 0.5) is 14.6 Å². The van der Waals surface area contributed by atoms with Gasteiger partial charge in [-0.1, -0.05) is 30.3 Å². The average Bonchev–Trinajstić information content (AvgIpc) is 3.58.